The van der Waals surface area contributed by atoms with Crippen molar-refractivity contribution in [2.24, 2.45) is 0 Å². The van der Waals surface area contributed by atoms with Crippen molar-refractivity contribution >= 4 is 34.6 Å². The lowest BCUT2D eigenvalue weighted by Crippen LogP contribution is -2.33. The van der Waals surface area contributed by atoms with Crippen molar-refractivity contribution in [2.75, 3.05) is 16.8 Å². The number of benzene rings is 1. The van der Waals surface area contributed by atoms with Gasteiger partial charge in [0.05, 0.1) is 35.9 Å². The van der Waals surface area contributed by atoms with Crippen LogP contribution in [0.15, 0.2) is 42.8 Å². The number of cyclic esters (lactones) is 1. The first-order valence-corrected chi connectivity index (χ1v) is 11.3. The largest absolute Gasteiger partial charge is 0.419 e. The van der Waals surface area contributed by atoms with E-state index in [2.05, 4.69) is 25.3 Å². The lowest BCUT2D eigenvalue weighted by Gasteiger charge is -2.23. The minimum absolute atomic E-state index is 0.0391. The molecule has 1 aliphatic rings. The van der Waals surface area contributed by atoms with E-state index in [4.69, 9.17) is 4.74 Å². The first kappa shape index (κ1) is 23.3. The number of hydrogen-bond acceptors (Lipinski definition) is 7. The molecule has 4 heterocycles. The molecule has 0 fully saturated rings. The summed E-state index contributed by atoms with van der Waals surface area (Å²) in [4.78, 5) is 30.5. The van der Waals surface area contributed by atoms with Crippen molar-refractivity contribution in [1.82, 2.24) is 24.5 Å². The number of imidazole rings is 1. The second-order valence-corrected chi connectivity index (χ2v) is 8.63. The number of nitrogens with one attached hydrogen (secondary N) is 1. The van der Waals surface area contributed by atoms with Crippen LogP contribution in [0.4, 0.5) is 31.0 Å². The van der Waals surface area contributed by atoms with Gasteiger partial charge in [0.15, 0.2) is 11.6 Å². The van der Waals surface area contributed by atoms with E-state index in [0.717, 1.165) is 6.20 Å². The van der Waals surface area contributed by atoms with Gasteiger partial charge in [-0.3, -0.25) is 4.90 Å². The lowest BCUT2D eigenvalue weighted by molar-refractivity contribution is 0.190. The molecule has 1 amide bonds. The number of amides is 1. The fourth-order valence-electron chi connectivity index (χ4n) is 4.30. The second-order valence-electron chi connectivity index (χ2n) is 8.63. The Balaban J connectivity index is 1.48. The van der Waals surface area contributed by atoms with Crippen LogP contribution in [0.2, 0.25) is 0 Å². The molecule has 5 rings (SSSR count). The maximum Gasteiger partial charge on any atom is 0.419 e. The molecule has 4 aromatic rings. The summed E-state index contributed by atoms with van der Waals surface area (Å²) in [5, 5.41) is 2.95. The summed E-state index contributed by atoms with van der Waals surface area (Å²) >= 11 is 0. The lowest BCUT2D eigenvalue weighted by atomic mass is 10.1. The Morgan fingerprint density at radius 3 is 2.61 bits per heavy atom. The molecule has 0 saturated heterocycles. The number of pyridine rings is 1. The number of aromatic nitrogens is 5. The molecule has 0 radical (unpaired) electrons. The predicted octanol–water partition coefficient (Wildman–Crippen LogP) is 5.58. The van der Waals surface area contributed by atoms with Crippen LogP contribution in [0.1, 0.15) is 31.4 Å². The van der Waals surface area contributed by atoms with Gasteiger partial charge in [-0.2, -0.15) is 0 Å². The summed E-state index contributed by atoms with van der Waals surface area (Å²) in [6.07, 6.45) is 3.60. The Kier molecular flexibility index (Phi) is 5.83. The Morgan fingerprint density at radius 2 is 1.89 bits per heavy atom. The smallest absolute Gasteiger partial charge is 0.418 e. The summed E-state index contributed by atoms with van der Waals surface area (Å²) in [7, 11) is 0. The molecule has 3 aromatic heterocycles. The molecule has 0 saturated carbocycles. The number of hydrogen-bond donors (Lipinski definition) is 1. The van der Waals surface area contributed by atoms with Gasteiger partial charge < -0.3 is 14.6 Å². The maximum atomic E-state index is 14.9. The van der Waals surface area contributed by atoms with Crippen molar-refractivity contribution in [3.63, 3.8) is 0 Å². The van der Waals surface area contributed by atoms with E-state index >= 15 is 0 Å². The van der Waals surface area contributed by atoms with E-state index in [9.17, 15) is 13.6 Å². The summed E-state index contributed by atoms with van der Waals surface area (Å²) < 4.78 is 36.5. The molecule has 0 aliphatic carbocycles. The number of carbonyl (C=O) groups excluding carboxylic acids is 1. The molecular formula is C25H23F2N7O2. The highest BCUT2D eigenvalue weighted by Gasteiger charge is 2.22. The molecule has 1 N–H and O–H groups in total. The van der Waals surface area contributed by atoms with Crippen molar-refractivity contribution in [3.8, 4) is 11.3 Å². The molecule has 0 unspecified atom stereocenters. The molecule has 0 atom stereocenters. The van der Waals surface area contributed by atoms with E-state index in [-0.39, 0.29) is 28.8 Å². The average molecular weight is 492 g/mol. The SMILES string of the molecule is Cc1nc(Nc2ncc(F)c(-c3cc(F)c4nc(C)n(C(C)C)c4c3)n2)ccc1N1CC=COC1=O. The molecule has 9 nitrogen and oxygen atoms in total. The molecule has 1 aliphatic heterocycles. The zero-order valence-electron chi connectivity index (χ0n) is 20.1. The Morgan fingerprint density at radius 1 is 1.08 bits per heavy atom. The van der Waals surface area contributed by atoms with E-state index in [1.807, 2.05) is 18.4 Å². The number of rotatable bonds is 5. The van der Waals surface area contributed by atoms with E-state index in [1.165, 1.54) is 17.2 Å². The van der Waals surface area contributed by atoms with Crippen LogP contribution in [0.3, 0.4) is 0 Å². The molecule has 0 spiro atoms. The average Bonchev–Trinajstić information content (AvgIpc) is 3.18. The maximum absolute atomic E-state index is 14.9. The van der Waals surface area contributed by atoms with Gasteiger partial charge in [-0.05, 0) is 58.0 Å². The number of halogens is 2. The molecular weight excluding hydrogens is 468 g/mol. The molecule has 11 heteroatoms. The van der Waals surface area contributed by atoms with Crippen LogP contribution in [-0.4, -0.2) is 37.1 Å². The monoisotopic (exact) mass is 491 g/mol. The van der Waals surface area contributed by atoms with Gasteiger partial charge in [-0.1, -0.05) is 0 Å². The van der Waals surface area contributed by atoms with Crippen LogP contribution in [0.25, 0.3) is 22.3 Å². The fraction of sp³-hybridized carbons (Fsp3) is 0.240. The fourth-order valence-corrected chi connectivity index (χ4v) is 4.30. The van der Waals surface area contributed by atoms with Crippen LogP contribution in [-0.2, 0) is 4.74 Å². The van der Waals surface area contributed by atoms with Gasteiger partial charge in [0.1, 0.15) is 22.9 Å². The number of fused-ring (bicyclic) bond motifs is 1. The normalized spacial score (nSPS) is 13.5. The highest BCUT2D eigenvalue weighted by Crippen LogP contribution is 2.31. The van der Waals surface area contributed by atoms with Gasteiger partial charge >= 0.3 is 6.09 Å². The van der Waals surface area contributed by atoms with E-state index in [0.29, 0.717) is 35.1 Å². The van der Waals surface area contributed by atoms with E-state index in [1.54, 1.807) is 38.1 Å². The van der Waals surface area contributed by atoms with Gasteiger partial charge in [0.2, 0.25) is 5.95 Å². The highest BCUT2D eigenvalue weighted by molar-refractivity contribution is 5.90. The molecule has 36 heavy (non-hydrogen) atoms. The van der Waals surface area contributed by atoms with Gasteiger partial charge in [-0.15, -0.1) is 0 Å². The molecule has 184 valence electrons. The van der Waals surface area contributed by atoms with Crippen LogP contribution >= 0.6 is 0 Å². The third kappa shape index (κ3) is 4.12. The Bertz CT molecular complexity index is 1530. The number of ether oxygens (including phenoxy) is 1. The number of nitrogens with zero attached hydrogens (tertiary/aromatic N) is 6. The quantitative estimate of drug-likeness (QED) is 0.389. The molecule has 1 aromatic carbocycles. The summed E-state index contributed by atoms with van der Waals surface area (Å²) in [5.74, 6) is -0.107. The summed E-state index contributed by atoms with van der Waals surface area (Å²) in [5.41, 5.74) is 2.16. The third-order valence-electron chi connectivity index (χ3n) is 5.82. The van der Waals surface area contributed by atoms with Crippen LogP contribution in [0, 0.1) is 25.5 Å². The van der Waals surface area contributed by atoms with Crippen molar-refractivity contribution in [3.05, 3.63) is 66.0 Å². The van der Waals surface area contributed by atoms with Crippen molar-refractivity contribution < 1.29 is 18.3 Å². The van der Waals surface area contributed by atoms with Gasteiger partial charge in [0.25, 0.3) is 0 Å². The Labute approximate surface area is 205 Å². The zero-order valence-corrected chi connectivity index (χ0v) is 20.1. The van der Waals surface area contributed by atoms with Gasteiger partial charge in [0, 0.05) is 11.6 Å². The second kappa shape index (κ2) is 8.99. The van der Waals surface area contributed by atoms with Crippen LogP contribution in [0.5, 0.6) is 0 Å². The predicted molar refractivity (Wildman–Crippen MR) is 131 cm³/mol. The van der Waals surface area contributed by atoms with Gasteiger partial charge in [-0.25, -0.2) is 33.5 Å². The highest BCUT2D eigenvalue weighted by atomic mass is 19.1. The zero-order chi connectivity index (χ0) is 25.6. The summed E-state index contributed by atoms with van der Waals surface area (Å²) in [6.45, 7) is 7.86. The van der Waals surface area contributed by atoms with Crippen molar-refractivity contribution in [1.29, 1.82) is 0 Å². The standard InChI is InChI=1S/C25H23F2N7O2/c1-13(2)34-15(4)30-23-17(26)10-16(11-20(23)34)22-18(27)12-28-24(32-22)31-21-7-6-19(14(3)29-21)33-8-5-9-36-25(33)35/h5-7,9-13H,8H2,1-4H3,(H,28,29,31,32). The number of carbonyl (C=O) groups is 1. The first-order valence-electron chi connectivity index (χ1n) is 11.3. The Hall–Kier alpha value is -4.41. The molecule has 0 bridgehead atoms. The summed E-state index contributed by atoms with van der Waals surface area (Å²) in [6, 6.07) is 6.30. The van der Waals surface area contributed by atoms with Crippen LogP contribution < -0.4 is 10.2 Å². The third-order valence-corrected chi connectivity index (χ3v) is 5.82. The van der Waals surface area contributed by atoms with Crippen molar-refractivity contribution in [2.45, 2.75) is 33.7 Å². The number of anilines is 3. The minimum atomic E-state index is -0.692. The first-order chi connectivity index (χ1) is 17.2. The minimum Gasteiger partial charge on any atom is -0.418 e. The number of aryl methyl sites for hydroxylation is 2. The topological polar surface area (TPSA) is 98.1 Å². The van der Waals surface area contributed by atoms with E-state index < -0.39 is 17.7 Å².